The highest BCUT2D eigenvalue weighted by molar-refractivity contribution is 5.69. The lowest BCUT2D eigenvalue weighted by Gasteiger charge is -1.98. The maximum Gasteiger partial charge on any atom is 0.307 e. The van der Waals surface area contributed by atoms with Crippen LogP contribution in [-0.4, -0.2) is 22.7 Å². The smallest absolute Gasteiger partial charge is 0.307 e. The first-order valence-corrected chi connectivity index (χ1v) is 6.18. The van der Waals surface area contributed by atoms with E-state index in [1.165, 1.54) is 0 Å². The molecule has 0 fully saturated rings. The van der Waals surface area contributed by atoms with Crippen molar-refractivity contribution in [2.24, 2.45) is 0 Å². The lowest BCUT2D eigenvalue weighted by atomic mass is 10.1. The van der Waals surface area contributed by atoms with E-state index in [4.69, 9.17) is 15.7 Å². The van der Waals surface area contributed by atoms with Crippen LogP contribution in [0.3, 0.4) is 0 Å². The number of ether oxygens (including phenoxy) is 1. The van der Waals surface area contributed by atoms with E-state index in [1.54, 1.807) is 0 Å². The van der Waals surface area contributed by atoms with Crippen LogP contribution in [0, 0.1) is 19.3 Å². The van der Waals surface area contributed by atoms with Gasteiger partial charge >= 0.3 is 5.97 Å². The quantitative estimate of drug-likeness (QED) is 0.615. The molecule has 1 aromatic carbocycles. The van der Waals surface area contributed by atoms with Gasteiger partial charge in [-0.05, 0) is 12.5 Å². The second kappa shape index (κ2) is 6.53. The molecule has 0 amide bonds. The van der Waals surface area contributed by atoms with E-state index in [2.05, 4.69) is 16.1 Å². The molecule has 0 aliphatic heterocycles. The number of hydrogen-bond donors (Lipinski definition) is 0. The molecule has 0 aliphatic carbocycles. The molecule has 1 heterocycles. The zero-order chi connectivity index (χ0) is 14.4. The Bertz CT molecular complexity index is 641. The molecule has 2 rings (SSSR count). The van der Waals surface area contributed by atoms with Crippen LogP contribution in [0.5, 0.6) is 0 Å². The normalized spacial score (nSPS) is 10.0. The molecule has 0 aliphatic rings. The lowest BCUT2D eigenvalue weighted by Crippen LogP contribution is -2.06. The molecule has 0 saturated heterocycles. The SMILES string of the molecule is C#CCOC(=O)CCc1nc(-c2ccccc2C)no1. The topological polar surface area (TPSA) is 65.2 Å². The average Bonchev–Trinajstić information content (AvgIpc) is 2.92. The first kappa shape index (κ1) is 13.8. The highest BCUT2D eigenvalue weighted by Gasteiger charge is 2.12. The lowest BCUT2D eigenvalue weighted by molar-refractivity contribution is -0.142. The summed E-state index contributed by atoms with van der Waals surface area (Å²) in [5.74, 6) is 2.78. The number of aromatic nitrogens is 2. The van der Waals surface area contributed by atoms with Crippen molar-refractivity contribution in [2.45, 2.75) is 19.8 Å². The Morgan fingerprint density at radius 1 is 1.45 bits per heavy atom. The first-order chi connectivity index (χ1) is 9.70. The van der Waals surface area contributed by atoms with Crippen LogP contribution in [0.25, 0.3) is 11.4 Å². The summed E-state index contributed by atoms with van der Waals surface area (Å²) in [6.45, 7) is 1.96. The number of carbonyl (C=O) groups is 1. The van der Waals surface area contributed by atoms with Crippen LogP contribution >= 0.6 is 0 Å². The van der Waals surface area contributed by atoms with Crippen molar-refractivity contribution in [2.75, 3.05) is 6.61 Å². The molecule has 5 heteroatoms. The Morgan fingerprint density at radius 3 is 3.00 bits per heavy atom. The second-order valence-corrected chi connectivity index (χ2v) is 4.19. The summed E-state index contributed by atoms with van der Waals surface area (Å²) in [5.41, 5.74) is 1.98. The van der Waals surface area contributed by atoms with Gasteiger partial charge in [-0.3, -0.25) is 4.79 Å². The van der Waals surface area contributed by atoms with Gasteiger partial charge in [-0.1, -0.05) is 35.3 Å². The molecule has 5 nitrogen and oxygen atoms in total. The molecule has 0 radical (unpaired) electrons. The van der Waals surface area contributed by atoms with Crippen LogP contribution in [0.1, 0.15) is 17.9 Å². The number of esters is 1. The van der Waals surface area contributed by atoms with E-state index in [1.807, 2.05) is 31.2 Å². The zero-order valence-corrected chi connectivity index (χ0v) is 11.1. The second-order valence-electron chi connectivity index (χ2n) is 4.19. The number of rotatable bonds is 5. The van der Waals surface area contributed by atoms with Crippen LogP contribution in [0.15, 0.2) is 28.8 Å². The van der Waals surface area contributed by atoms with Gasteiger partial charge < -0.3 is 9.26 Å². The van der Waals surface area contributed by atoms with Crippen LogP contribution in [0.4, 0.5) is 0 Å². The fraction of sp³-hybridized carbons (Fsp3) is 0.267. The van der Waals surface area contributed by atoms with Crippen molar-refractivity contribution in [3.05, 3.63) is 35.7 Å². The summed E-state index contributed by atoms with van der Waals surface area (Å²) in [6, 6.07) is 7.75. The van der Waals surface area contributed by atoms with Gasteiger partial charge in [-0.25, -0.2) is 0 Å². The Hall–Kier alpha value is -2.61. The first-order valence-electron chi connectivity index (χ1n) is 6.18. The van der Waals surface area contributed by atoms with Gasteiger partial charge in [0.05, 0.1) is 6.42 Å². The molecule has 102 valence electrons. The molecule has 0 bridgehead atoms. The highest BCUT2D eigenvalue weighted by Crippen LogP contribution is 2.20. The maximum absolute atomic E-state index is 11.3. The summed E-state index contributed by atoms with van der Waals surface area (Å²) >= 11 is 0. The third-order valence-corrected chi connectivity index (χ3v) is 2.71. The molecule has 0 atom stereocenters. The van der Waals surface area contributed by atoms with Crippen LogP contribution < -0.4 is 0 Å². The summed E-state index contributed by atoms with van der Waals surface area (Å²) in [6.07, 6.45) is 5.50. The predicted molar refractivity (Wildman–Crippen MR) is 72.6 cm³/mol. The molecule has 20 heavy (non-hydrogen) atoms. The van der Waals surface area contributed by atoms with Crippen LogP contribution in [-0.2, 0) is 16.0 Å². The average molecular weight is 270 g/mol. The third kappa shape index (κ3) is 3.45. The van der Waals surface area contributed by atoms with E-state index < -0.39 is 0 Å². The van der Waals surface area contributed by atoms with E-state index in [0.717, 1.165) is 11.1 Å². The predicted octanol–water partition coefficient (Wildman–Crippen LogP) is 2.15. The Balaban J connectivity index is 1.98. The molecule has 2 aromatic rings. The number of hydrogen-bond acceptors (Lipinski definition) is 5. The third-order valence-electron chi connectivity index (χ3n) is 2.71. The van der Waals surface area contributed by atoms with Gasteiger partial charge in [0.1, 0.15) is 0 Å². The van der Waals surface area contributed by atoms with Crippen molar-refractivity contribution in [1.29, 1.82) is 0 Å². The van der Waals surface area contributed by atoms with Gasteiger partial charge in [-0.2, -0.15) is 4.98 Å². The number of benzene rings is 1. The fourth-order valence-electron chi connectivity index (χ4n) is 1.69. The molecular formula is C15H14N2O3. The van der Waals surface area contributed by atoms with E-state index in [0.29, 0.717) is 18.1 Å². The van der Waals surface area contributed by atoms with Crippen molar-refractivity contribution >= 4 is 5.97 Å². The Morgan fingerprint density at radius 2 is 2.25 bits per heavy atom. The van der Waals surface area contributed by atoms with Gasteiger partial charge in [0, 0.05) is 12.0 Å². The molecule has 0 N–H and O–H groups in total. The van der Waals surface area contributed by atoms with Gasteiger partial charge in [0.15, 0.2) is 6.61 Å². The van der Waals surface area contributed by atoms with Crippen molar-refractivity contribution in [1.82, 2.24) is 10.1 Å². The Labute approximate surface area is 117 Å². The number of aryl methyl sites for hydroxylation is 2. The standard InChI is InChI=1S/C15H14N2O3/c1-3-10-19-14(18)9-8-13-16-15(17-20-13)12-7-5-4-6-11(12)2/h1,4-7H,8-10H2,2H3. The van der Waals surface area contributed by atoms with Crippen molar-refractivity contribution < 1.29 is 14.1 Å². The zero-order valence-electron chi connectivity index (χ0n) is 11.1. The minimum Gasteiger partial charge on any atom is -0.452 e. The molecule has 0 spiro atoms. The fourth-order valence-corrected chi connectivity index (χ4v) is 1.69. The number of terminal acetylenes is 1. The minimum absolute atomic E-state index is 0.0167. The van der Waals surface area contributed by atoms with Crippen molar-refractivity contribution in [3.63, 3.8) is 0 Å². The summed E-state index contributed by atoms with van der Waals surface area (Å²) < 4.78 is 9.88. The van der Waals surface area contributed by atoms with Gasteiger partial charge in [0.25, 0.3) is 0 Å². The number of nitrogens with zero attached hydrogens (tertiary/aromatic N) is 2. The Kier molecular flexibility index (Phi) is 4.51. The molecule has 0 saturated carbocycles. The monoisotopic (exact) mass is 270 g/mol. The van der Waals surface area contributed by atoms with Crippen LogP contribution in [0.2, 0.25) is 0 Å². The van der Waals surface area contributed by atoms with E-state index in [-0.39, 0.29) is 19.0 Å². The maximum atomic E-state index is 11.3. The summed E-state index contributed by atoms with van der Waals surface area (Å²) in [7, 11) is 0. The van der Waals surface area contributed by atoms with Crippen molar-refractivity contribution in [3.8, 4) is 23.7 Å². The summed E-state index contributed by atoms with van der Waals surface area (Å²) in [4.78, 5) is 15.6. The van der Waals surface area contributed by atoms with E-state index >= 15 is 0 Å². The van der Waals surface area contributed by atoms with Gasteiger partial charge in [-0.15, -0.1) is 6.42 Å². The molecule has 1 aromatic heterocycles. The molecular weight excluding hydrogens is 256 g/mol. The number of carbonyl (C=O) groups excluding carboxylic acids is 1. The summed E-state index contributed by atoms with van der Waals surface area (Å²) in [5, 5.41) is 3.92. The highest BCUT2D eigenvalue weighted by atomic mass is 16.5. The molecule has 0 unspecified atom stereocenters. The largest absolute Gasteiger partial charge is 0.452 e. The minimum atomic E-state index is -0.376. The van der Waals surface area contributed by atoms with Gasteiger partial charge in [0.2, 0.25) is 11.7 Å². The van der Waals surface area contributed by atoms with E-state index in [9.17, 15) is 4.79 Å².